The van der Waals surface area contributed by atoms with Crippen LogP contribution in [0, 0.1) is 0 Å². The predicted octanol–water partition coefficient (Wildman–Crippen LogP) is 0.418. The number of thioether (sulfide) groups is 1. The number of aromatic nitrogens is 1. The minimum Gasteiger partial charge on any atom is -0.368 e. The first-order chi connectivity index (χ1) is 8.15. The van der Waals surface area contributed by atoms with Gasteiger partial charge in [0.25, 0.3) is 5.91 Å². The van der Waals surface area contributed by atoms with Crippen LogP contribution in [0.2, 0.25) is 0 Å². The zero-order chi connectivity index (χ0) is 12.7. The Morgan fingerprint density at radius 1 is 1.47 bits per heavy atom. The number of rotatable bonds is 6. The quantitative estimate of drug-likeness (QED) is 0.769. The number of hydrogen-bond acceptors (Lipinski definition) is 4. The lowest BCUT2D eigenvalue weighted by molar-refractivity contribution is -0.119. The van der Waals surface area contributed by atoms with Gasteiger partial charge in [0.15, 0.2) is 0 Å². The number of amides is 2. The molecule has 1 atom stereocenters. The Kier molecular flexibility index (Phi) is 5.48. The summed E-state index contributed by atoms with van der Waals surface area (Å²) in [7, 11) is 0. The molecule has 0 aliphatic rings. The van der Waals surface area contributed by atoms with Gasteiger partial charge in [-0.05, 0) is 30.6 Å². The normalized spacial score (nSPS) is 11.8. The van der Waals surface area contributed by atoms with Crippen molar-refractivity contribution in [2.24, 2.45) is 5.73 Å². The van der Waals surface area contributed by atoms with Crippen molar-refractivity contribution < 1.29 is 9.59 Å². The molecule has 1 aromatic heterocycles. The van der Waals surface area contributed by atoms with E-state index in [4.69, 9.17) is 5.73 Å². The maximum Gasteiger partial charge on any atom is 0.252 e. The molecule has 0 spiro atoms. The van der Waals surface area contributed by atoms with Gasteiger partial charge in [0.1, 0.15) is 6.04 Å². The lowest BCUT2D eigenvalue weighted by Gasteiger charge is -2.14. The van der Waals surface area contributed by atoms with Crippen LogP contribution in [-0.2, 0) is 4.79 Å². The number of nitrogens with two attached hydrogens (primary N) is 1. The standard InChI is InChI=1S/C11H15N3O2S/c1-17-7-4-9(10(12)15)14-11(16)8-2-5-13-6-3-8/h2-3,5-6,9H,4,7H2,1H3,(H2,12,15)(H,14,16)/t9-/m0/s1. The summed E-state index contributed by atoms with van der Waals surface area (Å²) in [6.45, 7) is 0. The van der Waals surface area contributed by atoms with Crippen molar-refractivity contribution in [1.29, 1.82) is 0 Å². The second-order valence-corrected chi connectivity index (χ2v) is 4.43. The number of primary amides is 1. The summed E-state index contributed by atoms with van der Waals surface area (Å²) < 4.78 is 0. The molecule has 3 N–H and O–H groups in total. The molecular weight excluding hydrogens is 238 g/mol. The molecule has 0 unspecified atom stereocenters. The van der Waals surface area contributed by atoms with E-state index in [-0.39, 0.29) is 5.91 Å². The van der Waals surface area contributed by atoms with E-state index in [0.29, 0.717) is 12.0 Å². The molecule has 0 saturated carbocycles. The van der Waals surface area contributed by atoms with Crippen molar-refractivity contribution in [3.8, 4) is 0 Å². The Balaban J connectivity index is 2.61. The third-order valence-electron chi connectivity index (χ3n) is 2.20. The fourth-order valence-electron chi connectivity index (χ4n) is 1.27. The zero-order valence-corrected chi connectivity index (χ0v) is 10.4. The Hall–Kier alpha value is -1.56. The van der Waals surface area contributed by atoms with E-state index in [9.17, 15) is 9.59 Å². The van der Waals surface area contributed by atoms with Gasteiger partial charge in [-0.15, -0.1) is 0 Å². The van der Waals surface area contributed by atoms with Gasteiger partial charge in [-0.1, -0.05) is 0 Å². The Bertz CT molecular complexity index is 384. The van der Waals surface area contributed by atoms with E-state index in [0.717, 1.165) is 5.75 Å². The Morgan fingerprint density at radius 2 is 2.12 bits per heavy atom. The maximum absolute atomic E-state index is 11.8. The summed E-state index contributed by atoms with van der Waals surface area (Å²) in [6, 6.07) is 2.55. The van der Waals surface area contributed by atoms with Crippen molar-refractivity contribution in [2.75, 3.05) is 12.0 Å². The highest BCUT2D eigenvalue weighted by Crippen LogP contribution is 2.02. The predicted molar refractivity (Wildman–Crippen MR) is 67.7 cm³/mol. The number of pyridine rings is 1. The summed E-state index contributed by atoms with van der Waals surface area (Å²) in [6.07, 6.45) is 5.52. The molecule has 0 aliphatic heterocycles. The van der Waals surface area contributed by atoms with Crippen molar-refractivity contribution in [3.63, 3.8) is 0 Å². The molecule has 1 aromatic rings. The zero-order valence-electron chi connectivity index (χ0n) is 9.55. The van der Waals surface area contributed by atoms with Crippen molar-refractivity contribution in [1.82, 2.24) is 10.3 Å². The highest BCUT2D eigenvalue weighted by atomic mass is 32.2. The van der Waals surface area contributed by atoms with Gasteiger partial charge in [-0.25, -0.2) is 0 Å². The monoisotopic (exact) mass is 253 g/mol. The Labute approximate surface area is 104 Å². The van der Waals surface area contributed by atoms with Crippen LogP contribution in [0.4, 0.5) is 0 Å². The summed E-state index contributed by atoms with van der Waals surface area (Å²) in [5.41, 5.74) is 5.70. The van der Waals surface area contributed by atoms with Crippen LogP contribution in [0.25, 0.3) is 0 Å². The maximum atomic E-state index is 11.8. The molecule has 92 valence electrons. The fraction of sp³-hybridized carbons (Fsp3) is 0.364. The van der Waals surface area contributed by atoms with Crippen LogP contribution in [-0.4, -0.2) is 34.8 Å². The lowest BCUT2D eigenvalue weighted by atomic mass is 10.2. The Morgan fingerprint density at radius 3 is 2.65 bits per heavy atom. The van der Waals surface area contributed by atoms with E-state index in [2.05, 4.69) is 10.3 Å². The molecule has 0 saturated heterocycles. The van der Waals surface area contributed by atoms with Crippen molar-refractivity contribution >= 4 is 23.6 Å². The summed E-state index contributed by atoms with van der Waals surface area (Å²) in [5, 5.41) is 2.61. The molecule has 2 amide bonds. The molecule has 0 aliphatic carbocycles. The van der Waals surface area contributed by atoms with E-state index >= 15 is 0 Å². The number of carbonyl (C=O) groups excluding carboxylic acids is 2. The molecule has 17 heavy (non-hydrogen) atoms. The first-order valence-electron chi connectivity index (χ1n) is 5.14. The minimum absolute atomic E-state index is 0.308. The summed E-state index contributed by atoms with van der Waals surface area (Å²) in [4.78, 5) is 26.7. The first-order valence-corrected chi connectivity index (χ1v) is 6.53. The van der Waals surface area contributed by atoms with Gasteiger partial charge in [0, 0.05) is 18.0 Å². The highest BCUT2D eigenvalue weighted by Gasteiger charge is 2.18. The summed E-state index contributed by atoms with van der Waals surface area (Å²) >= 11 is 1.60. The average Bonchev–Trinajstić information content (AvgIpc) is 2.35. The van der Waals surface area contributed by atoms with Gasteiger partial charge in [0.2, 0.25) is 5.91 Å². The van der Waals surface area contributed by atoms with Crippen LogP contribution in [0.3, 0.4) is 0 Å². The van der Waals surface area contributed by atoms with Gasteiger partial charge >= 0.3 is 0 Å². The molecule has 0 fully saturated rings. The second kappa shape index (κ2) is 6.90. The van der Waals surface area contributed by atoms with E-state index in [1.54, 1.807) is 23.9 Å². The SMILES string of the molecule is CSCC[C@H](NC(=O)c1ccncc1)C(N)=O. The highest BCUT2D eigenvalue weighted by molar-refractivity contribution is 7.98. The van der Waals surface area contributed by atoms with E-state index in [1.807, 2.05) is 6.26 Å². The third kappa shape index (κ3) is 4.44. The summed E-state index contributed by atoms with van der Waals surface area (Å²) in [5.74, 6) is -0.0525. The molecular formula is C11H15N3O2S. The molecule has 6 heteroatoms. The van der Waals surface area contributed by atoms with E-state index < -0.39 is 11.9 Å². The molecule has 0 radical (unpaired) electrons. The topological polar surface area (TPSA) is 85.1 Å². The van der Waals surface area contributed by atoms with Crippen molar-refractivity contribution in [2.45, 2.75) is 12.5 Å². The van der Waals surface area contributed by atoms with Crippen molar-refractivity contribution in [3.05, 3.63) is 30.1 Å². The molecule has 1 heterocycles. The number of nitrogens with zero attached hydrogens (tertiary/aromatic N) is 1. The number of carbonyl (C=O) groups is 2. The second-order valence-electron chi connectivity index (χ2n) is 3.45. The average molecular weight is 253 g/mol. The lowest BCUT2D eigenvalue weighted by Crippen LogP contribution is -2.44. The van der Waals surface area contributed by atoms with Gasteiger partial charge in [-0.3, -0.25) is 14.6 Å². The largest absolute Gasteiger partial charge is 0.368 e. The molecule has 0 aromatic carbocycles. The third-order valence-corrected chi connectivity index (χ3v) is 2.85. The van der Waals surface area contributed by atoms with Gasteiger partial charge in [-0.2, -0.15) is 11.8 Å². The van der Waals surface area contributed by atoms with E-state index in [1.165, 1.54) is 12.4 Å². The smallest absolute Gasteiger partial charge is 0.252 e. The number of hydrogen-bond donors (Lipinski definition) is 2. The van der Waals surface area contributed by atoms with Crippen LogP contribution >= 0.6 is 11.8 Å². The van der Waals surface area contributed by atoms with Gasteiger partial charge in [0.05, 0.1) is 0 Å². The molecule has 1 rings (SSSR count). The van der Waals surface area contributed by atoms with Crippen LogP contribution in [0.15, 0.2) is 24.5 Å². The minimum atomic E-state index is -0.622. The molecule has 0 bridgehead atoms. The van der Waals surface area contributed by atoms with Crippen LogP contribution < -0.4 is 11.1 Å². The molecule has 5 nitrogen and oxygen atoms in total. The first kappa shape index (κ1) is 13.5. The number of nitrogens with one attached hydrogen (secondary N) is 1. The fourth-order valence-corrected chi connectivity index (χ4v) is 1.74. The van der Waals surface area contributed by atoms with Gasteiger partial charge < -0.3 is 11.1 Å². The van der Waals surface area contributed by atoms with Crippen LogP contribution in [0.1, 0.15) is 16.8 Å². The van der Waals surface area contributed by atoms with Crippen LogP contribution in [0.5, 0.6) is 0 Å².